The molecule has 0 spiro atoms. The highest BCUT2D eigenvalue weighted by atomic mass is 35.5. The zero-order valence-electron chi connectivity index (χ0n) is 10.9. The van der Waals surface area contributed by atoms with Gasteiger partial charge in [-0.1, -0.05) is 38.0 Å². The lowest BCUT2D eigenvalue weighted by Crippen LogP contribution is -2.25. The van der Waals surface area contributed by atoms with Crippen LogP contribution in [-0.2, 0) is 0 Å². The Kier molecular flexibility index (Phi) is 7.91. The van der Waals surface area contributed by atoms with Crippen LogP contribution >= 0.6 is 11.6 Å². The fourth-order valence-corrected chi connectivity index (χ4v) is 2.12. The molecule has 0 N–H and O–H groups in total. The van der Waals surface area contributed by atoms with Crippen molar-refractivity contribution >= 4 is 17.3 Å². The summed E-state index contributed by atoms with van der Waals surface area (Å²) in [4.78, 5) is 2.50. The number of hydrogen-bond acceptors (Lipinski definition) is 1. The molecule has 0 saturated carbocycles. The molecule has 96 valence electrons. The number of nitrogens with zero attached hydrogens (tertiary/aromatic N) is 1. The van der Waals surface area contributed by atoms with E-state index in [4.69, 9.17) is 11.6 Å². The summed E-state index contributed by atoms with van der Waals surface area (Å²) in [5.74, 6) is 0.792. The molecule has 0 heterocycles. The minimum Gasteiger partial charge on any atom is -0.372 e. The third-order valence-electron chi connectivity index (χ3n) is 2.96. The van der Waals surface area contributed by atoms with Crippen molar-refractivity contribution in [3.05, 3.63) is 30.3 Å². The van der Waals surface area contributed by atoms with Crippen molar-refractivity contribution in [1.82, 2.24) is 0 Å². The van der Waals surface area contributed by atoms with Crippen LogP contribution in [0.5, 0.6) is 0 Å². The minimum atomic E-state index is 0.792. The van der Waals surface area contributed by atoms with Gasteiger partial charge in [-0.05, 0) is 31.4 Å². The van der Waals surface area contributed by atoms with Gasteiger partial charge in [0, 0.05) is 24.7 Å². The number of rotatable bonds is 9. The lowest BCUT2D eigenvalue weighted by Gasteiger charge is -2.24. The van der Waals surface area contributed by atoms with Crippen LogP contribution in [0.3, 0.4) is 0 Å². The number of benzene rings is 1. The van der Waals surface area contributed by atoms with E-state index in [-0.39, 0.29) is 0 Å². The Morgan fingerprint density at radius 1 is 0.941 bits per heavy atom. The third-order valence-corrected chi connectivity index (χ3v) is 3.23. The summed E-state index contributed by atoms with van der Waals surface area (Å²) in [5.41, 5.74) is 1.35. The van der Waals surface area contributed by atoms with Gasteiger partial charge in [-0.15, -0.1) is 11.6 Å². The predicted octanol–water partition coefficient (Wildman–Crippen LogP) is 4.70. The molecule has 0 saturated heterocycles. The lowest BCUT2D eigenvalue weighted by atomic mass is 10.2. The quantitative estimate of drug-likeness (QED) is 0.455. The van der Waals surface area contributed by atoms with E-state index in [2.05, 4.69) is 42.2 Å². The molecule has 0 atom stereocenters. The fourth-order valence-electron chi connectivity index (χ4n) is 1.93. The number of halogens is 1. The van der Waals surface area contributed by atoms with Crippen molar-refractivity contribution in [3.8, 4) is 0 Å². The Morgan fingerprint density at radius 2 is 1.65 bits per heavy atom. The highest BCUT2D eigenvalue weighted by molar-refractivity contribution is 6.17. The molecule has 0 aliphatic rings. The first-order valence-corrected chi connectivity index (χ1v) is 7.28. The van der Waals surface area contributed by atoms with Gasteiger partial charge in [0.2, 0.25) is 0 Å². The summed E-state index contributed by atoms with van der Waals surface area (Å²) < 4.78 is 0. The molecule has 0 bridgehead atoms. The van der Waals surface area contributed by atoms with E-state index in [9.17, 15) is 0 Å². The van der Waals surface area contributed by atoms with Gasteiger partial charge in [0.1, 0.15) is 0 Å². The molecule has 0 unspecified atom stereocenters. The Hall–Kier alpha value is -0.690. The van der Waals surface area contributed by atoms with Gasteiger partial charge in [-0.25, -0.2) is 0 Å². The zero-order valence-corrected chi connectivity index (χ0v) is 11.6. The summed E-state index contributed by atoms with van der Waals surface area (Å²) in [7, 11) is 0. The van der Waals surface area contributed by atoms with E-state index in [1.165, 1.54) is 37.9 Å². The first-order chi connectivity index (χ1) is 8.38. The van der Waals surface area contributed by atoms with Crippen molar-refractivity contribution in [2.24, 2.45) is 0 Å². The Balaban J connectivity index is 2.43. The fraction of sp³-hybridized carbons (Fsp3) is 0.600. The number of unbranched alkanes of at least 4 members (excludes halogenated alkanes) is 3. The van der Waals surface area contributed by atoms with Gasteiger partial charge in [0.25, 0.3) is 0 Å². The largest absolute Gasteiger partial charge is 0.372 e. The summed E-state index contributed by atoms with van der Waals surface area (Å²) in [6, 6.07) is 10.7. The van der Waals surface area contributed by atoms with Crippen LogP contribution in [0.25, 0.3) is 0 Å². The van der Waals surface area contributed by atoms with Crippen LogP contribution in [0, 0.1) is 0 Å². The van der Waals surface area contributed by atoms with E-state index in [1.54, 1.807) is 0 Å². The highest BCUT2D eigenvalue weighted by Gasteiger charge is 2.04. The molecule has 1 aromatic carbocycles. The van der Waals surface area contributed by atoms with Gasteiger partial charge < -0.3 is 4.90 Å². The van der Waals surface area contributed by atoms with Gasteiger partial charge in [0.05, 0.1) is 0 Å². The van der Waals surface area contributed by atoms with Crippen LogP contribution in [0.2, 0.25) is 0 Å². The molecule has 1 nitrogen and oxygen atoms in total. The van der Waals surface area contributed by atoms with Crippen LogP contribution in [0.15, 0.2) is 30.3 Å². The van der Waals surface area contributed by atoms with Crippen molar-refractivity contribution in [2.45, 2.75) is 39.0 Å². The summed E-state index contributed by atoms with van der Waals surface area (Å²) in [6.07, 6.45) is 6.14. The zero-order chi connectivity index (χ0) is 12.3. The maximum atomic E-state index is 5.70. The van der Waals surface area contributed by atoms with Crippen LogP contribution in [0.4, 0.5) is 5.69 Å². The molecular formula is C15H24ClN. The van der Waals surface area contributed by atoms with Crippen LogP contribution < -0.4 is 4.90 Å². The second-order valence-electron chi connectivity index (χ2n) is 4.43. The molecule has 2 heteroatoms. The lowest BCUT2D eigenvalue weighted by molar-refractivity contribution is 0.654. The average Bonchev–Trinajstić information content (AvgIpc) is 2.39. The van der Waals surface area contributed by atoms with E-state index < -0.39 is 0 Å². The van der Waals surface area contributed by atoms with E-state index in [0.29, 0.717) is 0 Å². The number of alkyl halides is 1. The monoisotopic (exact) mass is 253 g/mol. The Morgan fingerprint density at radius 3 is 2.29 bits per heavy atom. The summed E-state index contributed by atoms with van der Waals surface area (Å²) in [6.45, 7) is 4.57. The van der Waals surface area contributed by atoms with Gasteiger partial charge in [-0.3, -0.25) is 0 Å². The van der Waals surface area contributed by atoms with Gasteiger partial charge in [-0.2, -0.15) is 0 Å². The number of anilines is 1. The van der Waals surface area contributed by atoms with E-state index in [0.717, 1.165) is 18.8 Å². The van der Waals surface area contributed by atoms with Crippen LogP contribution in [0.1, 0.15) is 39.0 Å². The molecule has 0 aliphatic heterocycles. The molecule has 0 aliphatic carbocycles. The Labute approximate surface area is 111 Å². The molecule has 0 radical (unpaired) electrons. The molecular weight excluding hydrogens is 230 g/mol. The van der Waals surface area contributed by atoms with E-state index >= 15 is 0 Å². The van der Waals surface area contributed by atoms with Crippen molar-refractivity contribution in [2.75, 3.05) is 23.9 Å². The van der Waals surface area contributed by atoms with Crippen molar-refractivity contribution in [1.29, 1.82) is 0 Å². The molecule has 1 rings (SSSR count). The van der Waals surface area contributed by atoms with Crippen molar-refractivity contribution < 1.29 is 0 Å². The standard InChI is InChI=1S/C15H24ClN/c1-2-3-13-17(14-9-5-8-12-16)15-10-6-4-7-11-15/h4,6-7,10-11H,2-3,5,8-9,12-14H2,1H3. The topological polar surface area (TPSA) is 3.24 Å². The number of hydrogen-bond donors (Lipinski definition) is 0. The summed E-state index contributed by atoms with van der Waals surface area (Å²) in [5, 5.41) is 0. The minimum absolute atomic E-state index is 0.792. The van der Waals surface area contributed by atoms with Crippen LogP contribution in [-0.4, -0.2) is 19.0 Å². The van der Waals surface area contributed by atoms with E-state index in [1.807, 2.05) is 0 Å². The third kappa shape index (κ3) is 5.97. The molecule has 0 fully saturated rings. The molecule has 0 aromatic heterocycles. The predicted molar refractivity (Wildman–Crippen MR) is 78.1 cm³/mol. The van der Waals surface area contributed by atoms with Gasteiger partial charge >= 0.3 is 0 Å². The second-order valence-corrected chi connectivity index (χ2v) is 4.80. The maximum Gasteiger partial charge on any atom is 0.0366 e. The SMILES string of the molecule is CCCCN(CCCCCCl)c1ccccc1. The highest BCUT2D eigenvalue weighted by Crippen LogP contribution is 2.15. The smallest absolute Gasteiger partial charge is 0.0366 e. The average molecular weight is 254 g/mol. The normalized spacial score (nSPS) is 10.5. The first-order valence-electron chi connectivity index (χ1n) is 6.74. The maximum absolute atomic E-state index is 5.70. The molecule has 17 heavy (non-hydrogen) atoms. The molecule has 0 amide bonds. The first kappa shape index (κ1) is 14.4. The summed E-state index contributed by atoms with van der Waals surface area (Å²) >= 11 is 5.70. The Bertz CT molecular complexity index is 274. The number of para-hydroxylation sites is 1. The molecule has 1 aromatic rings. The van der Waals surface area contributed by atoms with Crippen molar-refractivity contribution in [3.63, 3.8) is 0 Å². The van der Waals surface area contributed by atoms with Gasteiger partial charge in [0.15, 0.2) is 0 Å². The second kappa shape index (κ2) is 9.35.